The number of anilines is 1. The van der Waals surface area contributed by atoms with Gasteiger partial charge in [-0.3, -0.25) is 20.4 Å². The predicted octanol–water partition coefficient (Wildman–Crippen LogP) is 3.78. The van der Waals surface area contributed by atoms with E-state index in [9.17, 15) is 22.8 Å². The predicted molar refractivity (Wildman–Crippen MR) is 103 cm³/mol. The fourth-order valence-corrected chi connectivity index (χ4v) is 2.75. The van der Waals surface area contributed by atoms with Gasteiger partial charge < -0.3 is 9.73 Å². The number of para-hydroxylation sites is 1. The number of amides is 2. The number of carbonyl (C=O) groups excluding carboxylic acids is 2. The Morgan fingerprint density at radius 1 is 0.933 bits per heavy atom. The normalized spacial score (nSPS) is 12.1. The second-order valence-corrected chi connectivity index (χ2v) is 6.35. The van der Waals surface area contributed by atoms with Crippen LogP contribution in [0.15, 0.2) is 77.4 Å². The lowest BCUT2D eigenvalue weighted by molar-refractivity contribution is -0.137. The number of nitrogens with one attached hydrogen (secondary N) is 3. The summed E-state index contributed by atoms with van der Waals surface area (Å²) in [6, 6.07) is 15.5. The molecule has 3 rings (SSSR count). The van der Waals surface area contributed by atoms with E-state index in [0.717, 1.165) is 11.6 Å². The summed E-state index contributed by atoms with van der Waals surface area (Å²) in [7, 11) is 0. The number of rotatable bonds is 7. The summed E-state index contributed by atoms with van der Waals surface area (Å²) >= 11 is 0. The Hall–Kier alpha value is -3.75. The molecular formula is C21H18F3N3O3. The molecule has 2 amide bonds. The average Bonchev–Trinajstić information content (AvgIpc) is 3.27. The number of halogens is 3. The number of hydrogen-bond donors (Lipinski definition) is 3. The second kappa shape index (κ2) is 9.17. The van der Waals surface area contributed by atoms with E-state index in [2.05, 4.69) is 16.2 Å². The van der Waals surface area contributed by atoms with Crippen molar-refractivity contribution in [2.75, 3.05) is 5.43 Å². The zero-order chi connectivity index (χ0) is 21.6. The van der Waals surface area contributed by atoms with Crippen LogP contribution in [0.2, 0.25) is 0 Å². The quantitative estimate of drug-likeness (QED) is 0.511. The van der Waals surface area contributed by atoms with Crippen LogP contribution in [0.3, 0.4) is 0 Å². The van der Waals surface area contributed by atoms with Gasteiger partial charge in [0, 0.05) is 6.42 Å². The maximum absolute atomic E-state index is 13.1. The topological polar surface area (TPSA) is 83.4 Å². The van der Waals surface area contributed by atoms with Crippen molar-refractivity contribution in [1.29, 1.82) is 0 Å². The van der Waals surface area contributed by atoms with Crippen molar-refractivity contribution < 1.29 is 27.2 Å². The van der Waals surface area contributed by atoms with Crippen LogP contribution in [0, 0.1) is 0 Å². The van der Waals surface area contributed by atoms with E-state index in [1.54, 1.807) is 30.3 Å². The molecule has 6 nitrogen and oxygen atoms in total. The lowest BCUT2D eigenvalue weighted by Gasteiger charge is -2.20. The highest BCUT2D eigenvalue weighted by molar-refractivity contribution is 5.95. The molecule has 2 aromatic carbocycles. The monoisotopic (exact) mass is 417 g/mol. The minimum absolute atomic E-state index is 0.0104. The molecule has 9 heteroatoms. The zero-order valence-electron chi connectivity index (χ0n) is 15.6. The standard InChI is InChI=1S/C21H18F3N3O3/c22-21(23,24)15-9-4-5-10-16(15)26-27-19(28)17(13-14-7-2-1-3-8-14)25-20(29)18-11-6-12-30-18/h1-12,17,26H,13H2,(H,25,29)(H,27,28). The number of carbonyl (C=O) groups is 2. The molecule has 1 unspecified atom stereocenters. The van der Waals surface area contributed by atoms with E-state index in [-0.39, 0.29) is 17.9 Å². The molecule has 0 fully saturated rings. The van der Waals surface area contributed by atoms with E-state index in [1.165, 1.54) is 36.6 Å². The highest BCUT2D eigenvalue weighted by Gasteiger charge is 2.33. The Morgan fingerprint density at radius 3 is 2.30 bits per heavy atom. The number of benzene rings is 2. The molecule has 3 N–H and O–H groups in total. The van der Waals surface area contributed by atoms with Crippen molar-refractivity contribution in [3.63, 3.8) is 0 Å². The molecule has 0 aliphatic rings. The molecule has 0 saturated carbocycles. The van der Waals surface area contributed by atoms with Crippen LogP contribution in [0.1, 0.15) is 21.7 Å². The van der Waals surface area contributed by atoms with Gasteiger partial charge in [0.1, 0.15) is 6.04 Å². The summed E-state index contributed by atoms with van der Waals surface area (Å²) in [5, 5.41) is 2.54. The summed E-state index contributed by atoms with van der Waals surface area (Å²) in [5.74, 6) is -1.32. The largest absolute Gasteiger partial charge is 0.459 e. The lowest BCUT2D eigenvalue weighted by atomic mass is 10.1. The fourth-order valence-electron chi connectivity index (χ4n) is 2.75. The minimum Gasteiger partial charge on any atom is -0.459 e. The summed E-state index contributed by atoms with van der Waals surface area (Å²) in [5.41, 5.74) is 4.07. The number of hydrogen-bond acceptors (Lipinski definition) is 4. The molecule has 0 radical (unpaired) electrons. The van der Waals surface area contributed by atoms with Crippen molar-refractivity contribution >= 4 is 17.5 Å². The SMILES string of the molecule is O=C(NC(Cc1ccccc1)C(=O)NNc1ccccc1C(F)(F)F)c1ccco1. The lowest BCUT2D eigenvalue weighted by Crippen LogP contribution is -2.49. The zero-order valence-corrected chi connectivity index (χ0v) is 15.6. The third kappa shape index (κ3) is 5.40. The molecular weight excluding hydrogens is 399 g/mol. The van der Waals surface area contributed by atoms with Crippen molar-refractivity contribution in [2.45, 2.75) is 18.6 Å². The first-order chi connectivity index (χ1) is 14.3. The van der Waals surface area contributed by atoms with Gasteiger partial charge in [-0.25, -0.2) is 0 Å². The summed E-state index contributed by atoms with van der Waals surface area (Å²) in [6.07, 6.45) is -3.15. The van der Waals surface area contributed by atoms with Gasteiger partial charge in [0.25, 0.3) is 11.8 Å². The van der Waals surface area contributed by atoms with Crippen LogP contribution >= 0.6 is 0 Å². The van der Waals surface area contributed by atoms with E-state index < -0.39 is 29.6 Å². The summed E-state index contributed by atoms with van der Waals surface area (Å²) < 4.78 is 44.4. The maximum atomic E-state index is 13.1. The Bertz CT molecular complexity index is 989. The maximum Gasteiger partial charge on any atom is 0.418 e. The smallest absolute Gasteiger partial charge is 0.418 e. The van der Waals surface area contributed by atoms with Gasteiger partial charge >= 0.3 is 6.18 Å². The second-order valence-electron chi connectivity index (χ2n) is 6.35. The Labute approximate surface area is 170 Å². The van der Waals surface area contributed by atoms with Crippen LogP contribution < -0.4 is 16.2 Å². The van der Waals surface area contributed by atoms with Gasteiger partial charge in [0.05, 0.1) is 17.5 Å². The average molecular weight is 417 g/mol. The van der Waals surface area contributed by atoms with Gasteiger partial charge in [0.15, 0.2) is 5.76 Å². The molecule has 0 aliphatic heterocycles. The molecule has 0 spiro atoms. The molecule has 3 aromatic rings. The Morgan fingerprint density at radius 2 is 1.63 bits per heavy atom. The number of alkyl halides is 3. The third-order valence-corrected chi connectivity index (χ3v) is 4.20. The van der Waals surface area contributed by atoms with Crippen molar-refractivity contribution in [1.82, 2.24) is 10.7 Å². The molecule has 1 aromatic heterocycles. The highest BCUT2D eigenvalue weighted by Crippen LogP contribution is 2.34. The number of furan rings is 1. The van der Waals surface area contributed by atoms with Gasteiger partial charge in [-0.15, -0.1) is 0 Å². The van der Waals surface area contributed by atoms with E-state index in [0.29, 0.717) is 0 Å². The van der Waals surface area contributed by atoms with Crippen LogP contribution in [-0.2, 0) is 17.4 Å². The number of hydrazine groups is 1. The molecule has 30 heavy (non-hydrogen) atoms. The fraction of sp³-hybridized carbons (Fsp3) is 0.143. The van der Waals surface area contributed by atoms with Gasteiger partial charge in [0.2, 0.25) is 0 Å². The summed E-state index contributed by atoms with van der Waals surface area (Å²) in [4.78, 5) is 25.0. The molecule has 0 saturated heterocycles. The highest BCUT2D eigenvalue weighted by atomic mass is 19.4. The van der Waals surface area contributed by atoms with E-state index in [1.807, 2.05) is 0 Å². The molecule has 1 heterocycles. The van der Waals surface area contributed by atoms with E-state index in [4.69, 9.17) is 4.42 Å². The van der Waals surface area contributed by atoms with E-state index >= 15 is 0 Å². The van der Waals surface area contributed by atoms with Crippen molar-refractivity contribution in [3.8, 4) is 0 Å². The first-order valence-electron chi connectivity index (χ1n) is 8.95. The first kappa shape index (κ1) is 21.0. The Kier molecular flexibility index (Phi) is 6.41. The Balaban J connectivity index is 1.74. The van der Waals surface area contributed by atoms with Crippen molar-refractivity contribution in [3.05, 3.63) is 89.9 Å². The van der Waals surface area contributed by atoms with Crippen LogP contribution in [0.5, 0.6) is 0 Å². The van der Waals surface area contributed by atoms with Crippen molar-refractivity contribution in [2.24, 2.45) is 0 Å². The third-order valence-electron chi connectivity index (χ3n) is 4.20. The molecule has 0 bridgehead atoms. The summed E-state index contributed by atoms with van der Waals surface area (Å²) in [6.45, 7) is 0. The van der Waals surface area contributed by atoms with Gasteiger partial charge in [-0.1, -0.05) is 42.5 Å². The molecule has 0 aliphatic carbocycles. The first-order valence-corrected chi connectivity index (χ1v) is 8.95. The van der Waals surface area contributed by atoms with Gasteiger partial charge in [-0.2, -0.15) is 13.2 Å². The minimum atomic E-state index is -4.59. The van der Waals surface area contributed by atoms with Crippen LogP contribution in [0.4, 0.5) is 18.9 Å². The molecule has 1 atom stereocenters. The van der Waals surface area contributed by atoms with Crippen LogP contribution in [-0.4, -0.2) is 17.9 Å². The van der Waals surface area contributed by atoms with Crippen LogP contribution in [0.25, 0.3) is 0 Å². The molecule has 156 valence electrons. The van der Waals surface area contributed by atoms with Gasteiger partial charge in [-0.05, 0) is 29.8 Å².